The number of benzene rings is 2. The van der Waals surface area contributed by atoms with Gasteiger partial charge >= 0.3 is 5.97 Å². The number of aliphatic carboxylic acids is 1. The topological polar surface area (TPSA) is 77.8 Å². The fourth-order valence-corrected chi connectivity index (χ4v) is 4.46. The zero-order valence-electron chi connectivity index (χ0n) is 17.8. The molecule has 0 bridgehead atoms. The second-order valence-electron chi connectivity index (χ2n) is 8.70. The minimum atomic E-state index is -1.11. The molecular weight excluding hydrogens is 395 g/mol. The molecule has 3 atom stereocenters. The Morgan fingerprint density at radius 1 is 1.13 bits per heavy atom. The monoisotopic (exact) mass is 424 g/mol. The van der Waals surface area contributed by atoms with E-state index in [4.69, 9.17) is 5.11 Å². The Morgan fingerprint density at radius 3 is 2.39 bits per heavy atom. The maximum absolute atomic E-state index is 13.5. The highest BCUT2D eigenvalue weighted by molar-refractivity contribution is 5.76. The van der Waals surface area contributed by atoms with Gasteiger partial charge in [0.2, 0.25) is 0 Å². The van der Waals surface area contributed by atoms with Gasteiger partial charge in [-0.1, -0.05) is 68.5 Å². The minimum absolute atomic E-state index is 0.0511. The number of allylic oxidation sites excluding steroid dienone is 3. The van der Waals surface area contributed by atoms with Gasteiger partial charge in [0.25, 0.3) is 0 Å². The number of hydrogen-bond acceptors (Lipinski definition) is 3. The molecule has 31 heavy (non-hydrogen) atoms. The van der Waals surface area contributed by atoms with Gasteiger partial charge in [-0.25, -0.2) is 4.39 Å². The van der Waals surface area contributed by atoms with Crippen LogP contribution in [-0.2, 0) is 4.79 Å². The molecular formula is C26H29FO4. The van der Waals surface area contributed by atoms with Crippen LogP contribution in [0.25, 0.3) is 5.57 Å². The molecule has 3 unspecified atom stereocenters. The van der Waals surface area contributed by atoms with Crippen LogP contribution in [-0.4, -0.2) is 33.5 Å². The highest BCUT2D eigenvalue weighted by Crippen LogP contribution is 2.55. The number of carboxylic acid groups (broad SMARTS) is 1. The number of aliphatic hydroxyl groups is 2. The average molecular weight is 425 g/mol. The van der Waals surface area contributed by atoms with E-state index in [0.29, 0.717) is 0 Å². The van der Waals surface area contributed by atoms with Gasteiger partial charge in [-0.2, -0.15) is 0 Å². The molecule has 0 aliphatic heterocycles. The average Bonchev–Trinajstić information content (AvgIpc) is 2.97. The zero-order chi connectivity index (χ0) is 22.6. The minimum Gasteiger partial charge on any atom is -0.481 e. The number of carboxylic acids is 1. The number of hydrogen-bond donors (Lipinski definition) is 3. The van der Waals surface area contributed by atoms with Crippen LogP contribution < -0.4 is 0 Å². The molecule has 0 amide bonds. The van der Waals surface area contributed by atoms with Gasteiger partial charge < -0.3 is 15.3 Å². The largest absolute Gasteiger partial charge is 0.481 e. The number of rotatable bonds is 8. The fraction of sp³-hybridized carbons (Fsp3) is 0.346. The Bertz CT molecular complexity index is 961. The van der Waals surface area contributed by atoms with Crippen molar-refractivity contribution in [1.82, 2.24) is 0 Å². The van der Waals surface area contributed by atoms with Crippen molar-refractivity contribution in [2.24, 2.45) is 5.41 Å². The molecule has 0 fully saturated rings. The van der Waals surface area contributed by atoms with E-state index in [1.807, 2.05) is 24.3 Å². The van der Waals surface area contributed by atoms with Crippen LogP contribution in [0.15, 0.2) is 72.3 Å². The number of halogens is 1. The Hall–Kier alpha value is -2.76. The standard InChI is InChI=1S/C26H29FO4/c1-26(2)23(13-12-20(28)14-21(29)15-25(30)31)22(17-8-10-19(27)11-9-17)16-24(26)18-6-4-3-5-7-18/h3-13,20-21,24,28-29H,14-16H2,1-2H3,(H,30,31). The lowest BCUT2D eigenvalue weighted by Crippen LogP contribution is -2.20. The first-order chi connectivity index (χ1) is 14.7. The van der Waals surface area contributed by atoms with Gasteiger partial charge in [-0.15, -0.1) is 0 Å². The first kappa shape index (κ1) is 22.9. The van der Waals surface area contributed by atoms with Crippen LogP contribution in [0.3, 0.4) is 0 Å². The quantitative estimate of drug-likeness (QED) is 0.561. The van der Waals surface area contributed by atoms with Gasteiger partial charge in [0.1, 0.15) is 5.82 Å². The first-order valence-corrected chi connectivity index (χ1v) is 10.5. The van der Waals surface area contributed by atoms with E-state index in [1.54, 1.807) is 18.2 Å². The van der Waals surface area contributed by atoms with E-state index >= 15 is 0 Å². The fourth-order valence-electron chi connectivity index (χ4n) is 4.46. The van der Waals surface area contributed by atoms with Crippen molar-refractivity contribution in [3.8, 4) is 0 Å². The van der Waals surface area contributed by atoms with Crippen LogP contribution in [0.5, 0.6) is 0 Å². The summed E-state index contributed by atoms with van der Waals surface area (Å²) in [6.45, 7) is 4.32. The van der Waals surface area contributed by atoms with E-state index in [1.165, 1.54) is 17.7 Å². The summed E-state index contributed by atoms with van der Waals surface area (Å²) in [5, 5.41) is 28.9. The zero-order valence-corrected chi connectivity index (χ0v) is 17.8. The highest BCUT2D eigenvalue weighted by atomic mass is 19.1. The lowest BCUT2D eigenvalue weighted by molar-refractivity contribution is -0.139. The summed E-state index contributed by atoms with van der Waals surface area (Å²) in [6.07, 6.45) is 1.72. The van der Waals surface area contributed by atoms with Gasteiger partial charge in [0.15, 0.2) is 0 Å². The molecule has 0 radical (unpaired) electrons. The molecule has 3 N–H and O–H groups in total. The molecule has 0 spiro atoms. The van der Waals surface area contributed by atoms with Crippen LogP contribution in [0.4, 0.5) is 4.39 Å². The van der Waals surface area contributed by atoms with Gasteiger partial charge in [-0.3, -0.25) is 4.79 Å². The summed E-state index contributed by atoms with van der Waals surface area (Å²) in [6, 6.07) is 16.7. The van der Waals surface area contributed by atoms with Crippen molar-refractivity contribution in [2.75, 3.05) is 0 Å². The van der Waals surface area contributed by atoms with Gasteiger partial charge in [-0.05, 0) is 52.2 Å². The Morgan fingerprint density at radius 2 is 1.77 bits per heavy atom. The molecule has 0 aromatic heterocycles. The molecule has 2 aromatic carbocycles. The molecule has 0 saturated heterocycles. The van der Waals surface area contributed by atoms with Crippen molar-refractivity contribution in [3.63, 3.8) is 0 Å². The smallest absolute Gasteiger partial charge is 0.305 e. The van der Waals surface area contributed by atoms with Gasteiger partial charge in [0.05, 0.1) is 18.6 Å². The lowest BCUT2D eigenvalue weighted by atomic mass is 9.73. The number of carbonyl (C=O) groups is 1. The molecule has 1 aliphatic carbocycles. The van der Waals surface area contributed by atoms with Crippen molar-refractivity contribution >= 4 is 11.5 Å². The van der Waals surface area contributed by atoms with Crippen LogP contribution >= 0.6 is 0 Å². The Kier molecular flexibility index (Phi) is 7.08. The van der Waals surface area contributed by atoms with Crippen LogP contribution in [0, 0.1) is 11.2 Å². The Labute approximate surface area is 182 Å². The summed E-state index contributed by atoms with van der Waals surface area (Å²) in [5.41, 5.74) is 4.04. The molecule has 3 rings (SSSR count). The van der Waals surface area contributed by atoms with E-state index < -0.39 is 24.6 Å². The normalized spacial score (nSPS) is 20.2. The predicted octanol–water partition coefficient (Wildman–Crippen LogP) is 4.94. The van der Waals surface area contributed by atoms with Gasteiger partial charge in [0, 0.05) is 6.42 Å². The SMILES string of the molecule is CC1(C)C(C=CC(O)CC(O)CC(=O)O)=C(c2ccc(F)cc2)CC1c1ccccc1. The summed E-state index contributed by atoms with van der Waals surface area (Å²) < 4.78 is 13.5. The van der Waals surface area contributed by atoms with E-state index in [9.17, 15) is 19.4 Å². The number of aliphatic hydroxyl groups excluding tert-OH is 2. The third-order valence-electron chi connectivity index (χ3n) is 6.10. The second kappa shape index (κ2) is 9.58. The Balaban J connectivity index is 1.93. The van der Waals surface area contributed by atoms with Crippen molar-refractivity contribution in [3.05, 3.63) is 89.3 Å². The summed E-state index contributed by atoms with van der Waals surface area (Å²) in [4.78, 5) is 10.7. The van der Waals surface area contributed by atoms with Crippen molar-refractivity contribution < 1.29 is 24.5 Å². The summed E-state index contributed by atoms with van der Waals surface area (Å²) >= 11 is 0. The van der Waals surface area contributed by atoms with Crippen molar-refractivity contribution in [1.29, 1.82) is 0 Å². The molecule has 0 heterocycles. The molecule has 2 aromatic rings. The highest BCUT2D eigenvalue weighted by Gasteiger charge is 2.41. The van der Waals surface area contributed by atoms with E-state index in [2.05, 4.69) is 26.0 Å². The molecule has 0 saturated carbocycles. The van der Waals surface area contributed by atoms with E-state index in [0.717, 1.165) is 23.1 Å². The second-order valence-corrected chi connectivity index (χ2v) is 8.70. The maximum atomic E-state index is 13.5. The molecule has 1 aliphatic rings. The third kappa shape index (κ3) is 5.49. The molecule has 4 nitrogen and oxygen atoms in total. The predicted molar refractivity (Wildman–Crippen MR) is 119 cm³/mol. The van der Waals surface area contributed by atoms with E-state index in [-0.39, 0.29) is 23.6 Å². The first-order valence-electron chi connectivity index (χ1n) is 10.5. The molecule has 164 valence electrons. The molecule has 5 heteroatoms. The third-order valence-corrected chi connectivity index (χ3v) is 6.10. The van der Waals surface area contributed by atoms with Crippen molar-refractivity contribution in [2.45, 2.75) is 51.2 Å². The van der Waals surface area contributed by atoms with Crippen LogP contribution in [0.1, 0.15) is 50.2 Å². The lowest BCUT2D eigenvalue weighted by Gasteiger charge is -2.30. The summed E-state index contributed by atoms with van der Waals surface area (Å²) in [7, 11) is 0. The maximum Gasteiger partial charge on any atom is 0.305 e. The summed E-state index contributed by atoms with van der Waals surface area (Å²) in [5.74, 6) is -1.18. The van der Waals surface area contributed by atoms with Crippen LogP contribution in [0.2, 0.25) is 0 Å².